The van der Waals surface area contributed by atoms with E-state index in [0.717, 1.165) is 12.8 Å². The van der Waals surface area contributed by atoms with Gasteiger partial charge in [0, 0.05) is 6.20 Å². The Balaban J connectivity index is 0.000000229. The van der Waals surface area contributed by atoms with Crippen LogP contribution in [0.15, 0.2) is 46.1 Å². The van der Waals surface area contributed by atoms with E-state index < -0.39 is 11.1 Å². The van der Waals surface area contributed by atoms with Crippen LogP contribution >= 0.6 is 0 Å². The van der Waals surface area contributed by atoms with Gasteiger partial charge in [-0.3, -0.25) is 14.5 Å². The Morgan fingerprint density at radius 1 is 1.12 bits per heavy atom. The van der Waals surface area contributed by atoms with Gasteiger partial charge in [-0.1, -0.05) is 39.3 Å². The second kappa shape index (κ2) is 10.1. The second-order valence-corrected chi connectivity index (χ2v) is 5.03. The van der Waals surface area contributed by atoms with Crippen molar-refractivity contribution in [3.05, 3.63) is 57.2 Å². The molecule has 2 aromatic rings. The number of hydrogen-bond donors (Lipinski definition) is 2. The van der Waals surface area contributed by atoms with Crippen molar-refractivity contribution in [3.8, 4) is 0 Å². The van der Waals surface area contributed by atoms with Crippen molar-refractivity contribution >= 4 is 17.1 Å². The van der Waals surface area contributed by atoms with Crippen molar-refractivity contribution in [2.24, 2.45) is 0 Å². The molecule has 1 aliphatic rings. The Morgan fingerprint density at radius 3 is 2.00 bits per heavy atom. The Bertz CT molecular complexity index is 774. The van der Waals surface area contributed by atoms with Crippen LogP contribution in [0.4, 0.5) is 4.79 Å². The molecule has 3 rings (SSSR count). The van der Waals surface area contributed by atoms with Crippen molar-refractivity contribution < 1.29 is 9.53 Å². The number of amides is 1. The smallest absolute Gasteiger partial charge is 0.414 e. The molecule has 7 heteroatoms. The molecule has 0 fully saturated rings. The Kier molecular flexibility index (Phi) is 8.18. The molecule has 0 spiro atoms. The van der Waals surface area contributed by atoms with Crippen LogP contribution < -0.4 is 11.1 Å². The third-order valence-corrected chi connectivity index (χ3v) is 3.43. The molecule has 2 heterocycles. The number of carbonyl (C=O) groups excluding carboxylic acids is 1. The Hall–Kier alpha value is -2.83. The number of H-pyrrole nitrogens is 2. The van der Waals surface area contributed by atoms with Crippen LogP contribution in [0.1, 0.15) is 33.6 Å². The molecule has 1 amide bonds. The second-order valence-electron chi connectivity index (χ2n) is 5.03. The van der Waals surface area contributed by atoms with Crippen LogP contribution in [-0.2, 0) is 4.74 Å². The van der Waals surface area contributed by atoms with E-state index in [9.17, 15) is 14.4 Å². The van der Waals surface area contributed by atoms with E-state index in [1.807, 2.05) is 19.9 Å². The lowest BCUT2D eigenvalue weighted by atomic mass is 10.1. The number of methoxy groups -OCH3 is 1. The van der Waals surface area contributed by atoms with Crippen molar-refractivity contribution in [1.82, 2.24) is 14.9 Å². The van der Waals surface area contributed by atoms with Gasteiger partial charge in [-0.05, 0) is 24.6 Å². The number of nitrogens with one attached hydrogen (secondary N) is 2. The molecule has 1 aromatic heterocycles. The maximum absolute atomic E-state index is 10.9. The van der Waals surface area contributed by atoms with Gasteiger partial charge in [0.2, 0.25) is 0 Å². The molecule has 0 bridgehead atoms. The lowest BCUT2D eigenvalue weighted by molar-refractivity contribution is 0.123. The van der Waals surface area contributed by atoms with Gasteiger partial charge in [0.1, 0.15) is 0 Å². The summed E-state index contributed by atoms with van der Waals surface area (Å²) in [7, 11) is 1.40. The number of rotatable bonds is 2. The molecule has 1 aliphatic heterocycles. The largest absolute Gasteiger partial charge is 0.452 e. The zero-order chi connectivity index (χ0) is 18.8. The van der Waals surface area contributed by atoms with Crippen LogP contribution in [0.5, 0.6) is 0 Å². The highest BCUT2D eigenvalue weighted by atomic mass is 16.5. The number of carbonyl (C=O) groups is 1. The molecular formula is C18H25N3O4. The highest BCUT2D eigenvalue weighted by molar-refractivity contribution is 5.73. The standard InChI is InChI=1S/C8H6N2O2.C8H13NO2.C2H6/c11-7-8(12)10-6-4-2-1-3-5(6)9-7;1-3-4-7-5-6-9(7)8(10)11-2;1-2/h1-4H,(H,9,11)(H,10,12);5-7H,3-4H2,1-2H3;1-2H3. The minimum absolute atomic E-state index is 0.258. The molecule has 1 atom stereocenters. The predicted octanol–water partition coefficient (Wildman–Crippen LogP) is 2.99. The number of para-hydroxylation sites is 2. The van der Waals surface area contributed by atoms with Gasteiger partial charge in [-0.2, -0.15) is 0 Å². The van der Waals surface area contributed by atoms with E-state index in [0.29, 0.717) is 11.0 Å². The van der Waals surface area contributed by atoms with E-state index >= 15 is 0 Å². The van der Waals surface area contributed by atoms with Crippen LogP contribution in [0.3, 0.4) is 0 Å². The molecule has 0 saturated carbocycles. The fraction of sp³-hybridized carbons (Fsp3) is 0.389. The molecular weight excluding hydrogens is 322 g/mol. The van der Waals surface area contributed by atoms with Crippen LogP contribution in [0.25, 0.3) is 11.0 Å². The molecule has 0 radical (unpaired) electrons. The zero-order valence-corrected chi connectivity index (χ0v) is 15.0. The lowest BCUT2D eigenvalue weighted by Crippen LogP contribution is -2.40. The molecule has 25 heavy (non-hydrogen) atoms. The maximum atomic E-state index is 10.9. The van der Waals surface area contributed by atoms with Crippen LogP contribution in [-0.4, -0.2) is 34.1 Å². The van der Waals surface area contributed by atoms with Gasteiger partial charge < -0.3 is 14.7 Å². The molecule has 0 aliphatic carbocycles. The first-order valence-corrected chi connectivity index (χ1v) is 8.32. The topological polar surface area (TPSA) is 95.3 Å². The first-order chi connectivity index (χ1) is 12.1. The number of aromatic nitrogens is 2. The highest BCUT2D eigenvalue weighted by Gasteiger charge is 2.25. The number of hydrogen-bond acceptors (Lipinski definition) is 4. The summed E-state index contributed by atoms with van der Waals surface area (Å²) in [5.41, 5.74) is 0.0478. The number of nitrogens with zero attached hydrogens (tertiary/aromatic N) is 1. The molecule has 2 N–H and O–H groups in total. The van der Waals surface area contributed by atoms with Crippen molar-refractivity contribution in [2.75, 3.05) is 7.11 Å². The van der Waals surface area contributed by atoms with E-state index in [1.165, 1.54) is 7.11 Å². The zero-order valence-electron chi connectivity index (χ0n) is 15.0. The van der Waals surface area contributed by atoms with E-state index in [4.69, 9.17) is 0 Å². The average Bonchev–Trinajstić information content (AvgIpc) is 2.62. The predicted molar refractivity (Wildman–Crippen MR) is 98.6 cm³/mol. The molecule has 1 aromatic carbocycles. The SMILES string of the molecule is CC.CCCC1C=CN1C(=O)OC.O=c1[nH]c2ccccc2[nH]c1=O. The summed E-state index contributed by atoms with van der Waals surface area (Å²) in [6.45, 7) is 6.10. The Labute approximate surface area is 146 Å². The van der Waals surface area contributed by atoms with E-state index in [-0.39, 0.29) is 12.1 Å². The number of benzene rings is 1. The van der Waals surface area contributed by atoms with Gasteiger partial charge in [-0.25, -0.2) is 4.79 Å². The normalized spacial score (nSPS) is 14.6. The minimum atomic E-state index is -0.617. The summed E-state index contributed by atoms with van der Waals surface area (Å²) in [6, 6.07) is 7.31. The molecule has 7 nitrogen and oxygen atoms in total. The summed E-state index contributed by atoms with van der Waals surface area (Å²) in [4.78, 5) is 39.1. The molecule has 0 saturated heterocycles. The summed E-state index contributed by atoms with van der Waals surface area (Å²) < 4.78 is 4.57. The summed E-state index contributed by atoms with van der Waals surface area (Å²) in [6.07, 6.45) is 5.62. The number of ether oxygens (including phenoxy) is 1. The molecule has 1 unspecified atom stereocenters. The van der Waals surface area contributed by atoms with Crippen LogP contribution in [0.2, 0.25) is 0 Å². The van der Waals surface area contributed by atoms with Gasteiger partial charge in [0.15, 0.2) is 0 Å². The van der Waals surface area contributed by atoms with E-state index in [1.54, 1.807) is 35.4 Å². The lowest BCUT2D eigenvalue weighted by Gasteiger charge is -2.31. The van der Waals surface area contributed by atoms with Crippen molar-refractivity contribution in [3.63, 3.8) is 0 Å². The Morgan fingerprint density at radius 2 is 1.64 bits per heavy atom. The quantitative estimate of drug-likeness (QED) is 0.816. The van der Waals surface area contributed by atoms with Gasteiger partial charge >= 0.3 is 17.2 Å². The first-order valence-electron chi connectivity index (χ1n) is 8.32. The fourth-order valence-corrected chi connectivity index (χ4v) is 2.19. The fourth-order valence-electron chi connectivity index (χ4n) is 2.19. The van der Waals surface area contributed by atoms with Crippen molar-refractivity contribution in [1.29, 1.82) is 0 Å². The van der Waals surface area contributed by atoms with Gasteiger partial charge in [0.25, 0.3) is 0 Å². The average molecular weight is 347 g/mol. The molecule has 136 valence electrons. The van der Waals surface area contributed by atoms with Crippen molar-refractivity contribution in [2.45, 2.75) is 39.7 Å². The van der Waals surface area contributed by atoms with Gasteiger partial charge in [0.05, 0.1) is 24.2 Å². The summed E-state index contributed by atoms with van der Waals surface area (Å²) >= 11 is 0. The number of aromatic amines is 2. The summed E-state index contributed by atoms with van der Waals surface area (Å²) in [5.74, 6) is 0. The third kappa shape index (κ3) is 5.34. The highest BCUT2D eigenvalue weighted by Crippen LogP contribution is 2.18. The first kappa shape index (κ1) is 20.2. The summed E-state index contributed by atoms with van der Waals surface area (Å²) in [5, 5.41) is 0. The number of fused-ring (bicyclic) bond motifs is 1. The van der Waals surface area contributed by atoms with Crippen LogP contribution in [0, 0.1) is 0 Å². The van der Waals surface area contributed by atoms with Gasteiger partial charge in [-0.15, -0.1) is 0 Å². The maximum Gasteiger partial charge on any atom is 0.414 e. The minimum Gasteiger partial charge on any atom is -0.452 e. The van der Waals surface area contributed by atoms with E-state index in [2.05, 4.69) is 21.6 Å². The third-order valence-electron chi connectivity index (χ3n) is 3.43. The monoisotopic (exact) mass is 347 g/mol.